The van der Waals surface area contributed by atoms with Crippen molar-refractivity contribution in [3.8, 4) is 5.75 Å². The van der Waals surface area contributed by atoms with Gasteiger partial charge in [0.05, 0.1) is 0 Å². The first-order chi connectivity index (χ1) is 10.9. The molecule has 7 heteroatoms. The molecule has 0 saturated heterocycles. The fraction of sp³-hybridized carbons (Fsp3) is 0.500. The summed E-state index contributed by atoms with van der Waals surface area (Å²) in [6, 6.07) is 4.10. The molecule has 1 aromatic carbocycles. The highest BCUT2D eigenvalue weighted by Crippen LogP contribution is 2.24. The van der Waals surface area contributed by atoms with E-state index in [1.807, 2.05) is 27.7 Å². The summed E-state index contributed by atoms with van der Waals surface area (Å²) < 4.78 is 5.74. The van der Waals surface area contributed by atoms with Crippen LogP contribution in [0.5, 0.6) is 5.75 Å². The van der Waals surface area contributed by atoms with Crippen LogP contribution in [0.15, 0.2) is 12.1 Å². The van der Waals surface area contributed by atoms with Crippen LogP contribution >= 0.6 is 0 Å². The molecule has 0 fully saturated rings. The van der Waals surface area contributed by atoms with Crippen molar-refractivity contribution in [1.29, 1.82) is 0 Å². The average Bonchev–Trinajstić information content (AvgIpc) is 2.99. The Morgan fingerprint density at radius 1 is 1.30 bits per heavy atom. The van der Waals surface area contributed by atoms with Crippen LogP contribution in [0.1, 0.15) is 35.4 Å². The van der Waals surface area contributed by atoms with Gasteiger partial charge in [-0.05, 0) is 31.9 Å². The predicted octanol–water partition coefficient (Wildman–Crippen LogP) is 1.77. The number of nitrogens with one attached hydrogen (secondary N) is 1. The zero-order valence-corrected chi connectivity index (χ0v) is 14.3. The number of rotatable bonds is 6. The minimum atomic E-state index is -0.0836. The standard InChI is InChI=1S/C16H23N5O2/c1-10-6-11(2)15(12(3)7-10)23-9-14(22)21(5)8-13(4)16-17-19-20-18-16/h6-7,13H,8-9H2,1-5H3,(H,17,18,19,20)/t13-/m0/s1. The number of aromatic nitrogens is 4. The molecule has 1 amide bonds. The molecule has 23 heavy (non-hydrogen) atoms. The van der Waals surface area contributed by atoms with Gasteiger partial charge in [0.2, 0.25) is 0 Å². The molecule has 0 unspecified atom stereocenters. The van der Waals surface area contributed by atoms with Gasteiger partial charge in [0.1, 0.15) is 5.75 Å². The fourth-order valence-corrected chi connectivity index (χ4v) is 2.61. The lowest BCUT2D eigenvalue weighted by atomic mass is 10.1. The number of likely N-dealkylation sites (N-methyl/N-ethyl adjacent to an activating group) is 1. The third kappa shape index (κ3) is 4.28. The van der Waals surface area contributed by atoms with Gasteiger partial charge >= 0.3 is 0 Å². The summed E-state index contributed by atoms with van der Waals surface area (Å²) in [6.07, 6.45) is 0. The van der Waals surface area contributed by atoms with E-state index in [9.17, 15) is 4.79 Å². The van der Waals surface area contributed by atoms with E-state index in [-0.39, 0.29) is 18.4 Å². The number of aromatic amines is 1. The highest BCUT2D eigenvalue weighted by atomic mass is 16.5. The second kappa shape index (κ2) is 7.21. The molecule has 0 aliphatic rings. The van der Waals surface area contributed by atoms with Crippen molar-refractivity contribution < 1.29 is 9.53 Å². The quantitative estimate of drug-likeness (QED) is 0.877. The van der Waals surface area contributed by atoms with Crippen LogP contribution in [-0.2, 0) is 4.79 Å². The number of ether oxygens (including phenoxy) is 1. The molecule has 0 aliphatic carbocycles. The van der Waals surface area contributed by atoms with Crippen molar-refractivity contribution in [2.75, 3.05) is 20.2 Å². The third-order valence-electron chi connectivity index (χ3n) is 3.72. The van der Waals surface area contributed by atoms with Gasteiger partial charge in [-0.15, -0.1) is 10.2 Å². The van der Waals surface area contributed by atoms with Crippen molar-refractivity contribution in [3.63, 3.8) is 0 Å². The van der Waals surface area contributed by atoms with Crippen molar-refractivity contribution in [1.82, 2.24) is 25.5 Å². The Morgan fingerprint density at radius 3 is 2.52 bits per heavy atom. The van der Waals surface area contributed by atoms with Crippen LogP contribution in [0.25, 0.3) is 0 Å². The van der Waals surface area contributed by atoms with Crippen LogP contribution in [0, 0.1) is 20.8 Å². The van der Waals surface area contributed by atoms with Crippen molar-refractivity contribution in [2.45, 2.75) is 33.6 Å². The van der Waals surface area contributed by atoms with Crippen molar-refractivity contribution >= 4 is 5.91 Å². The van der Waals surface area contributed by atoms with Gasteiger partial charge in [-0.25, -0.2) is 0 Å². The number of H-pyrrole nitrogens is 1. The molecule has 0 saturated carbocycles. The molecule has 0 aliphatic heterocycles. The largest absolute Gasteiger partial charge is 0.483 e. The number of carbonyl (C=O) groups excluding carboxylic acids is 1. The molecular formula is C16H23N5O2. The number of amides is 1. The predicted molar refractivity (Wildman–Crippen MR) is 86.4 cm³/mol. The highest BCUT2D eigenvalue weighted by Gasteiger charge is 2.17. The van der Waals surface area contributed by atoms with Gasteiger partial charge in [0.25, 0.3) is 5.91 Å². The number of aryl methyl sites for hydroxylation is 3. The van der Waals surface area contributed by atoms with Gasteiger partial charge in [-0.1, -0.05) is 29.8 Å². The lowest BCUT2D eigenvalue weighted by Gasteiger charge is -2.21. The van der Waals surface area contributed by atoms with E-state index in [2.05, 4.69) is 32.8 Å². The van der Waals surface area contributed by atoms with E-state index in [0.717, 1.165) is 16.9 Å². The van der Waals surface area contributed by atoms with Gasteiger partial charge < -0.3 is 9.64 Å². The molecule has 1 aromatic heterocycles. The van der Waals surface area contributed by atoms with E-state index in [1.54, 1.807) is 11.9 Å². The molecule has 0 radical (unpaired) electrons. The molecular weight excluding hydrogens is 294 g/mol. The molecule has 1 N–H and O–H groups in total. The van der Waals surface area contributed by atoms with Crippen molar-refractivity contribution in [3.05, 3.63) is 34.6 Å². The normalized spacial score (nSPS) is 12.0. The Kier molecular flexibility index (Phi) is 5.31. The topological polar surface area (TPSA) is 84.0 Å². The Morgan fingerprint density at radius 2 is 1.96 bits per heavy atom. The molecule has 0 spiro atoms. The van der Waals surface area contributed by atoms with Crippen LogP contribution in [0.4, 0.5) is 0 Å². The zero-order valence-electron chi connectivity index (χ0n) is 14.3. The fourth-order valence-electron chi connectivity index (χ4n) is 2.61. The van der Waals surface area contributed by atoms with Crippen LogP contribution in [-0.4, -0.2) is 51.6 Å². The second-order valence-electron chi connectivity index (χ2n) is 5.96. The number of nitrogens with zero attached hydrogens (tertiary/aromatic N) is 4. The molecule has 0 bridgehead atoms. The lowest BCUT2D eigenvalue weighted by Crippen LogP contribution is -2.34. The van der Waals surface area contributed by atoms with Crippen molar-refractivity contribution in [2.24, 2.45) is 0 Å². The molecule has 1 heterocycles. The SMILES string of the molecule is Cc1cc(C)c(OCC(=O)N(C)C[C@H](C)c2nn[nH]n2)c(C)c1. The molecule has 1 atom stereocenters. The summed E-state index contributed by atoms with van der Waals surface area (Å²) in [5.41, 5.74) is 3.26. The summed E-state index contributed by atoms with van der Waals surface area (Å²) >= 11 is 0. The minimum Gasteiger partial charge on any atom is -0.483 e. The van der Waals surface area contributed by atoms with E-state index in [4.69, 9.17) is 4.74 Å². The smallest absolute Gasteiger partial charge is 0.260 e. The summed E-state index contributed by atoms with van der Waals surface area (Å²) in [6.45, 7) is 8.49. The first kappa shape index (κ1) is 16.9. The zero-order chi connectivity index (χ0) is 17.0. The Hall–Kier alpha value is -2.44. The van der Waals surface area contributed by atoms with E-state index >= 15 is 0 Å². The van der Waals surface area contributed by atoms with Gasteiger partial charge in [0.15, 0.2) is 12.4 Å². The van der Waals surface area contributed by atoms with E-state index in [1.165, 1.54) is 5.56 Å². The number of hydrogen-bond donors (Lipinski definition) is 1. The summed E-state index contributed by atoms with van der Waals surface area (Å²) in [7, 11) is 1.75. The number of tetrazole rings is 1. The van der Waals surface area contributed by atoms with Gasteiger partial charge in [-0.2, -0.15) is 5.21 Å². The second-order valence-corrected chi connectivity index (χ2v) is 5.96. The highest BCUT2D eigenvalue weighted by molar-refractivity contribution is 5.77. The van der Waals surface area contributed by atoms with E-state index < -0.39 is 0 Å². The number of benzene rings is 1. The molecule has 2 rings (SSSR count). The monoisotopic (exact) mass is 317 g/mol. The molecule has 7 nitrogen and oxygen atoms in total. The van der Waals surface area contributed by atoms with Crippen LogP contribution < -0.4 is 4.74 Å². The maximum atomic E-state index is 12.2. The summed E-state index contributed by atoms with van der Waals surface area (Å²) in [5.74, 6) is 1.30. The number of carbonyl (C=O) groups is 1. The average molecular weight is 317 g/mol. The Labute approximate surface area is 136 Å². The molecule has 2 aromatic rings. The Bertz CT molecular complexity index is 646. The van der Waals surface area contributed by atoms with Gasteiger partial charge in [0, 0.05) is 19.5 Å². The van der Waals surface area contributed by atoms with Crippen LogP contribution in [0.3, 0.4) is 0 Å². The lowest BCUT2D eigenvalue weighted by molar-refractivity contribution is -0.132. The third-order valence-corrected chi connectivity index (χ3v) is 3.72. The maximum absolute atomic E-state index is 12.2. The maximum Gasteiger partial charge on any atom is 0.260 e. The number of hydrogen-bond acceptors (Lipinski definition) is 5. The molecule has 124 valence electrons. The Balaban J connectivity index is 1.92. The van der Waals surface area contributed by atoms with Gasteiger partial charge in [-0.3, -0.25) is 4.79 Å². The van der Waals surface area contributed by atoms with E-state index in [0.29, 0.717) is 12.4 Å². The summed E-state index contributed by atoms with van der Waals surface area (Å²) in [4.78, 5) is 13.9. The summed E-state index contributed by atoms with van der Waals surface area (Å²) in [5, 5.41) is 13.8. The minimum absolute atomic E-state index is 0.00514. The van der Waals surface area contributed by atoms with Crippen LogP contribution in [0.2, 0.25) is 0 Å². The first-order valence-electron chi connectivity index (χ1n) is 7.56. The first-order valence-corrected chi connectivity index (χ1v) is 7.56.